The van der Waals surface area contributed by atoms with Gasteiger partial charge in [0.2, 0.25) is 5.79 Å². The van der Waals surface area contributed by atoms with Gasteiger partial charge in [0.15, 0.2) is 0 Å². The highest BCUT2D eigenvalue weighted by Crippen LogP contribution is 2.38. The summed E-state index contributed by atoms with van der Waals surface area (Å²) in [4.78, 5) is 0. The highest BCUT2D eigenvalue weighted by Gasteiger charge is 2.40. The smallest absolute Gasteiger partial charge is 0.206 e. The molecular weight excluding hydrogens is 495 g/mol. The standard InChI is InChI=1S/C18H16Br2Cl2O3/c19-11-18(16-6-5-14(21)7-17(16)22)24-9-15(10-25-18)23-8-12-1-3-13(20)4-2-12/h1-7,15H,8-11H2/t15-,18-. The summed E-state index contributed by atoms with van der Waals surface area (Å²) in [5.74, 6) is -0.931. The van der Waals surface area contributed by atoms with Crippen molar-refractivity contribution in [2.24, 2.45) is 0 Å². The molecule has 0 aromatic heterocycles. The third-order valence-electron chi connectivity index (χ3n) is 3.92. The van der Waals surface area contributed by atoms with Crippen molar-refractivity contribution in [2.75, 3.05) is 18.5 Å². The van der Waals surface area contributed by atoms with Gasteiger partial charge in [0.05, 0.1) is 30.2 Å². The summed E-state index contributed by atoms with van der Waals surface area (Å²) in [6, 6.07) is 13.3. The zero-order valence-corrected chi connectivity index (χ0v) is 17.9. The summed E-state index contributed by atoms with van der Waals surface area (Å²) in [6.45, 7) is 1.34. The lowest BCUT2D eigenvalue weighted by Crippen LogP contribution is -2.46. The van der Waals surface area contributed by atoms with Crippen LogP contribution in [0.2, 0.25) is 10.0 Å². The van der Waals surface area contributed by atoms with Crippen molar-refractivity contribution in [3.05, 3.63) is 68.1 Å². The topological polar surface area (TPSA) is 27.7 Å². The minimum Gasteiger partial charge on any atom is -0.369 e. The van der Waals surface area contributed by atoms with Crippen molar-refractivity contribution in [1.82, 2.24) is 0 Å². The van der Waals surface area contributed by atoms with E-state index in [-0.39, 0.29) is 6.10 Å². The summed E-state index contributed by atoms with van der Waals surface area (Å²) in [5, 5.41) is 1.55. The van der Waals surface area contributed by atoms with Crippen LogP contribution in [0.3, 0.4) is 0 Å². The molecule has 2 aromatic rings. The zero-order valence-electron chi connectivity index (χ0n) is 13.2. The first-order valence-electron chi connectivity index (χ1n) is 7.68. The Hall–Kier alpha value is -0.140. The molecule has 0 bridgehead atoms. The van der Waals surface area contributed by atoms with Gasteiger partial charge in [-0.2, -0.15) is 0 Å². The molecule has 3 rings (SSSR count). The molecule has 25 heavy (non-hydrogen) atoms. The molecule has 1 saturated heterocycles. The molecule has 0 atom stereocenters. The lowest BCUT2D eigenvalue weighted by atomic mass is 10.1. The second-order valence-electron chi connectivity index (χ2n) is 5.69. The van der Waals surface area contributed by atoms with Crippen molar-refractivity contribution in [1.29, 1.82) is 0 Å². The number of halogens is 4. The number of benzene rings is 2. The average molecular weight is 511 g/mol. The Morgan fingerprint density at radius 3 is 2.36 bits per heavy atom. The van der Waals surface area contributed by atoms with E-state index in [9.17, 15) is 0 Å². The van der Waals surface area contributed by atoms with E-state index in [1.807, 2.05) is 30.3 Å². The largest absolute Gasteiger partial charge is 0.369 e. The lowest BCUT2D eigenvalue weighted by Gasteiger charge is -2.39. The second kappa shape index (κ2) is 8.70. The quantitative estimate of drug-likeness (QED) is 0.466. The maximum Gasteiger partial charge on any atom is 0.206 e. The molecule has 0 saturated carbocycles. The fraction of sp³-hybridized carbons (Fsp3) is 0.333. The number of rotatable bonds is 5. The predicted molar refractivity (Wildman–Crippen MR) is 107 cm³/mol. The van der Waals surface area contributed by atoms with Crippen molar-refractivity contribution < 1.29 is 14.2 Å². The fourth-order valence-electron chi connectivity index (χ4n) is 2.54. The maximum atomic E-state index is 6.32. The van der Waals surface area contributed by atoms with Gasteiger partial charge in [-0.05, 0) is 29.8 Å². The van der Waals surface area contributed by atoms with E-state index in [4.69, 9.17) is 37.4 Å². The summed E-state index contributed by atoms with van der Waals surface area (Å²) >= 11 is 19.2. The van der Waals surface area contributed by atoms with Gasteiger partial charge in [0.25, 0.3) is 0 Å². The highest BCUT2D eigenvalue weighted by molar-refractivity contribution is 9.10. The van der Waals surface area contributed by atoms with Gasteiger partial charge >= 0.3 is 0 Å². The van der Waals surface area contributed by atoms with Crippen LogP contribution in [0.5, 0.6) is 0 Å². The molecule has 1 fully saturated rings. The van der Waals surface area contributed by atoms with Crippen LogP contribution in [0.15, 0.2) is 46.9 Å². The molecule has 0 aliphatic carbocycles. The van der Waals surface area contributed by atoms with Gasteiger partial charge < -0.3 is 14.2 Å². The van der Waals surface area contributed by atoms with E-state index in [0.29, 0.717) is 35.2 Å². The van der Waals surface area contributed by atoms with E-state index in [0.717, 1.165) is 15.6 Å². The first-order valence-corrected chi connectivity index (χ1v) is 10.3. The lowest BCUT2D eigenvalue weighted by molar-refractivity contribution is -0.294. The summed E-state index contributed by atoms with van der Waals surface area (Å²) in [6.07, 6.45) is -0.137. The third-order valence-corrected chi connectivity index (χ3v) is 5.74. The Labute approximate surface area is 173 Å². The third kappa shape index (κ3) is 4.78. The van der Waals surface area contributed by atoms with E-state index in [2.05, 4.69) is 31.9 Å². The molecule has 0 amide bonds. The van der Waals surface area contributed by atoms with Crippen LogP contribution < -0.4 is 0 Å². The molecule has 1 aliphatic rings. The van der Waals surface area contributed by atoms with Crippen LogP contribution in [-0.4, -0.2) is 24.6 Å². The van der Waals surface area contributed by atoms with Crippen LogP contribution in [0.25, 0.3) is 0 Å². The first-order chi connectivity index (χ1) is 12.0. The van der Waals surface area contributed by atoms with Crippen molar-refractivity contribution in [3.63, 3.8) is 0 Å². The van der Waals surface area contributed by atoms with Crippen molar-refractivity contribution >= 4 is 55.1 Å². The van der Waals surface area contributed by atoms with E-state index < -0.39 is 5.79 Å². The Balaban J connectivity index is 1.62. The Kier molecular flexibility index (Phi) is 6.83. The van der Waals surface area contributed by atoms with Crippen molar-refractivity contribution in [2.45, 2.75) is 18.5 Å². The van der Waals surface area contributed by atoms with Gasteiger partial charge in [-0.15, -0.1) is 0 Å². The first kappa shape index (κ1) is 19.6. The Morgan fingerprint density at radius 2 is 1.76 bits per heavy atom. The SMILES string of the molecule is Clc1ccc([C@]2(CBr)OC[C@@H](OCc3ccc(Br)cc3)CO2)c(Cl)c1. The summed E-state index contributed by atoms with van der Waals surface area (Å²) in [5.41, 5.74) is 1.85. The Bertz CT molecular complexity index is 717. The molecule has 0 N–H and O–H groups in total. The average Bonchev–Trinajstić information content (AvgIpc) is 2.62. The van der Waals surface area contributed by atoms with E-state index in [1.165, 1.54) is 0 Å². The van der Waals surface area contributed by atoms with E-state index >= 15 is 0 Å². The maximum absolute atomic E-state index is 6.32. The van der Waals surface area contributed by atoms with Crippen LogP contribution in [0, 0.1) is 0 Å². The monoisotopic (exact) mass is 508 g/mol. The number of hydrogen-bond acceptors (Lipinski definition) is 3. The Morgan fingerprint density at radius 1 is 1.08 bits per heavy atom. The van der Waals surface area contributed by atoms with Crippen LogP contribution in [-0.2, 0) is 26.6 Å². The molecular formula is C18H16Br2Cl2O3. The minimum atomic E-state index is -0.931. The normalized spacial score (nSPS) is 23.6. The number of ether oxygens (including phenoxy) is 3. The van der Waals surface area contributed by atoms with Crippen LogP contribution >= 0.6 is 55.1 Å². The van der Waals surface area contributed by atoms with E-state index in [1.54, 1.807) is 12.1 Å². The number of alkyl halides is 1. The van der Waals surface area contributed by atoms with Gasteiger partial charge in [0, 0.05) is 15.1 Å². The van der Waals surface area contributed by atoms with Crippen molar-refractivity contribution in [3.8, 4) is 0 Å². The molecule has 1 aliphatic heterocycles. The molecule has 7 heteroatoms. The molecule has 3 nitrogen and oxygen atoms in total. The second-order valence-corrected chi connectivity index (χ2v) is 8.01. The molecule has 2 aromatic carbocycles. The molecule has 1 heterocycles. The van der Waals surface area contributed by atoms with Gasteiger partial charge in [-0.3, -0.25) is 0 Å². The fourth-order valence-corrected chi connectivity index (χ4v) is 3.98. The molecule has 0 unspecified atom stereocenters. The van der Waals surface area contributed by atoms with Gasteiger partial charge in [0.1, 0.15) is 6.10 Å². The van der Waals surface area contributed by atoms with Gasteiger partial charge in [-0.25, -0.2) is 0 Å². The molecule has 134 valence electrons. The minimum absolute atomic E-state index is 0.137. The van der Waals surface area contributed by atoms with Crippen LogP contribution in [0.1, 0.15) is 11.1 Å². The predicted octanol–water partition coefficient (Wildman–Crippen LogP) is 5.94. The van der Waals surface area contributed by atoms with Crippen LogP contribution in [0.4, 0.5) is 0 Å². The summed E-state index contributed by atoms with van der Waals surface area (Å²) < 4.78 is 19.0. The molecule has 0 radical (unpaired) electrons. The highest BCUT2D eigenvalue weighted by atomic mass is 79.9. The molecule has 0 spiro atoms. The zero-order chi connectivity index (χ0) is 17.9. The summed E-state index contributed by atoms with van der Waals surface area (Å²) in [7, 11) is 0. The van der Waals surface area contributed by atoms with Gasteiger partial charge in [-0.1, -0.05) is 73.3 Å². The number of hydrogen-bond donors (Lipinski definition) is 0.